The fraction of sp³-hybridized carbons (Fsp3) is 0.562. The lowest BCUT2D eigenvalue weighted by Gasteiger charge is -2.26. The number of aryl methyl sites for hydroxylation is 1. The van der Waals surface area contributed by atoms with Gasteiger partial charge in [-0.05, 0) is 37.4 Å². The number of hydrogen-bond donors (Lipinski definition) is 1. The van der Waals surface area contributed by atoms with E-state index in [0.29, 0.717) is 6.04 Å². The van der Waals surface area contributed by atoms with Crippen LogP contribution in [0.3, 0.4) is 0 Å². The molecule has 0 aliphatic carbocycles. The molecule has 2 unspecified atom stereocenters. The first-order valence-corrected chi connectivity index (χ1v) is 8.65. The van der Waals surface area contributed by atoms with Crippen LogP contribution < -0.4 is 5.32 Å². The molecule has 4 nitrogen and oxygen atoms in total. The summed E-state index contributed by atoms with van der Waals surface area (Å²) in [7, 11) is 2.07. The maximum atomic E-state index is 4.55. The standard InChI is InChI=1S/C16H24N4S/c1-3-20-9-4-6-13(20)12-18-15(14-7-5-11-21-14)16-17-8-10-19(16)2/h5,7-8,10-11,13,15,18H,3-4,6,9,12H2,1-2H3. The zero-order valence-corrected chi connectivity index (χ0v) is 13.6. The van der Waals surface area contributed by atoms with Crippen LogP contribution in [0.25, 0.3) is 0 Å². The molecule has 2 aromatic heterocycles. The van der Waals surface area contributed by atoms with Gasteiger partial charge in [0.15, 0.2) is 0 Å². The summed E-state index contributed by atoms with van der Waals surface area (Å²) in [4.78, 5) is 8.47. The van der Waals surface area contributed by atoms with E-state index in [1.54, 1.807) is 11.3 Å². The number of nitrogens with zero attached hydrogens (tertiary/aromatic N) is 3. The van der Waals surface area contributed by atoms with Crippen LogP contribution in [0.2, 0.25) is 0 Å². The Morgan fingerprint density at radius 3 is 3.10 bits per heavy atom. The fourth-order valence-corrected chi connectivity index (χ4v) is 4.02. The highest BCUT2D eigenvalue weighted by molar-refractivity contribution is 7.10. The van der Waals surface area contributed by atoms with Crippen LogP contribution >= 0.6 is 11.3 Å². The first-order chi connectivity index (χ1) is 10.3. The molecule has 3 rings (SSSR count). The highest BCUT2D eigenvalue weighted by Crippen LogP contribution is 2.25. The normalized spacial score (nSPS) is 21.0. The maximum Gasteiger partial charge on any atom is 0.131 e. The van der Waals surface area contributed by atoms with Gasteiger partial charge < -0.3 is 9.88 Å². The number of rotatable bonds is 6. The lowest BCUT2D eigenvalue weighted by Crippen LogP contribution is -2.39. The molecular formula is C16H24N4S. The predicted octanol–water partition coefficient (Wildman–Crippen LogP) is 2.64. The Hall–Kier alpha value is -1.17. The van der Waals surface area contributed by atoms with Crippen LogP contribution in [0.4, 0.5) is 0 Å². The quantitative estimate of drug-likeness (QED) is 0.890. The zero-order valence-electron chi connectivity index (χ0n) is 12.8. The number of thiophene rings is 1. The van der Waals surface area contributed by atoms with Crippen LogP contribution in [-0.2, 0) is 7.05 Å². The van der Waals surface area contributed by atoms with Crippen molar-refractivity contribution in [1.29, 1.82) is 0 Å². The maximum absolute atomic E-state index is 4.55. The van der Waals surface area contributed by atoms with Gasteiger partial charge in [0.05, 0.1) is 0 Å². The minimum absolute atomic E-state index is 0.198. The van der Waals surface area contributed by atoms with E-state index in [9.17, 15) is 0 Å². The Morgan fingerprint density at radius 2 is 2.43 bits per heavy atom. The van der Waals surface area contributed by atoms with Crippen molar-refractivity contribution in [2.24, 2.45) is 7.05 Å². The van der Waals surface area contributed by atoms with Gasteiger partial charge in [0, 0.05) is 36.9 Å². The number of aromatic nitrogens is 2. The first-order valence-electron chi connectivity index (χ1n) is 7.77. The molecule has 1 aliphatic heterocycles. The average Bonchev–Trinajstić information content (AvgIpc) is 3.21. The van der Waals surface area contributed by atoms with Crippen molar-refractivity contribution in [1.82, 2.24) is 19.8 Å². The molecule has 0 bridgehead atoms. The van der Waals surface area contributed by atoms with Gasteiger partial charge in [-0.25, -0.2) is 4.98 Å². The second-order valence-corrected chi connectivity index (χ2v) is 6.66. The van der Waals surface area contributed by atoms with Gasteiger partial charge >= 0.3 is 0 Å². The van der Waals surface area contributed by atoms with E-state index < -0.39 is 0 Å². The number of likely N-dealkylation sites (tertiary alicyclic amines) is 1. The van der Waals surface area contributed by atoms with E-state index >= 15 is 0 Å². The summed E-state index contributed by atoms with van der Waals surface area (Å²) in [6.07, 6.45) is 6.53. The minimum Gasteiger partial charge on any atom is -0.336 e. The van der Waals surface area contributed by atoms with Crippen molar-refractivity contribution in [3.05, 3.63) is 40.6 Å². The molecule has 0 amide bonds. The van der Waals surface area contributed by atoms with Gasteiger partial charge in [-0.2, -0.15) is 0 Å². The molecule has 1 N–H and O–H groups in total. The Bertz CT molecular complexity index is 548. The SMILES string of the molecule is CCN1CCCC1CNC(c1cccs1)c1nccn1C. The lowest BCUT2D eigenvalue weighted by atomic mass is 10.1. The Morgan fingerprint density at radius 1 is 1.52 bits per heavy atom. The van der Waals surface area contributed by atoms with Gasteiger partial charge in [-0.1, -0.05) is 13.0 Å². The number of imidazole rings is 1. The molecule has 1 fully saturated rings. The van der Waals surface area contributed by atoms with E-state index in [-0.39, 0.29) is 6.04 Å². The van der Waals surface area contributed by atoms with E-state index in [1.165, 1.54) is 24.3 Å². The molecule has 0 spiro atoms. The minimum atomic E-state index is 0.198. The molecule has 21 heavy (non-hydrogen) atoms. The van der Waals surface area contributed by atoms with Crippen LogP contribution in [-0.4, -0.2) is 40.1 Å². The predicted molar refractivity (Wildman–Crippen MR) is 87.6 cm³/mol. The molecule has 2 atom stereocenters. The molecular weight excluding hydrogens is 280 g/mol. The van der Waals surface area contributed by atoms with Gasteiger partial charge in [-0.15, -0.1) is 11.3 Å². The van der Waals surface area contributed by atoms with E-state index in [4.69, 9.17) is 0 Å². The highest BCUT2D eigenvalue weighted by Gasteiger charge is 2.25. The third-order valence-corrected chi connectivity index (χ3v) is 5.34. The van der Waals surface area contributed by atoms with Crippen molar-refractivity contribution in [2.45, 2.75) is 31.8 Å². The molecule has 114 valence electrons. The second-order valence-electron chi connectivity index (χ2n) is 5.68. The molecule has 1 saturated heterocycles. The van der Waals surface area contributed by atoms with Gasteiger partial charge in [0.2, 0.25) is 0 Å². The summed E-state index contributed by atoms with van der Waals surface area (Å²) in [6, 6.07) is 5.18. The summed E-state index contributed by atoms with van der Waals surface area (Å²) in [5.41, 5.74) is 0. The van der Waals surface area contributed by atoms with Crippen molar-refractivity contribution < 1.29 is 0 Å². The molecule has 1 aliphatic rings. The topological polar surface area (TPSA) is 33.1 Å². The lowest BCUT2D eigenvalue weighted by molar-refractivity contribution is 0.256. The molecule has 0 saturated carbocycles. The Balaban J connectivity index is 1.73. The van der Waals surface area contributed by atoms with Crippen LogP contribution in [0, 0.1) is 0 Å². The molecule has 3 heterocycles. The molecule has 0 radical (unpaired) electrons. The molecule has 5 heteroatoms. The largest absolute Gasteiger partial charge is 0.336 e. The van der Waals surface area contributed by atoms with Crippen LogP contribution in [0.5, 0.6) is 0 Å². The van der Waals surface area contributed by atoms with Crippen molar-refractivity contribution >= 4 is 11.3 Å². The number of nitrogens with one attached hydrogen (secondary N) is 1. The smallest absolute Gasteiger partial charge is 0.131 e. The number of likely N-dealkylation sites (N-methyl/N-ethyl adjacent to an activating group) is 1. The van der Waals surface area contributed by atoms with Gasteiger partial charge in [0.25, 0.3) is 0 Å². The summed E-state index contributed by atoms with van der Waals surface area (Å²) < 4.78 is 2.11. The average molecular weight is 304 g/mol. The summed E-state index contributed by atoms with van der Waals surface area (Å²) in [5.74, 6) is 1.10. The summed E-state index contributed by atoms with van der Waals surface area (Å²) >= 11 is 1.80. The third kappa shape index (κ3) is 3.20. The molecule has 2 aromatic rings. The Kier molecular flexibility index (Phi) is 4.73. The van der Waals surface area contributed by atoms with E-state index in [0.717, 1.165) is 18.9 Å². The van der Waals surface area contributed by atoms with Gasteiger partial charge in [-0.3, -0.25) is 4.90 Å². The third-order valence-electron chi connectivity index (χ3n) is 4.41. The highest BCUT2D eigenvalue weighted by atomic mass is 32.1. The van der Waals surface area contributed by atoms with Crippen molar-refractivity contribution in [2.75, 3.05) is 19.6 Å². The zero-order chi connectivity index (χ0) is 14.7. The summed E-state index contributed by atoms with van der Waals surface area (Å²) in [6.45, 7) is 5.68. The van der Waals surface area contributed by atoms with Crippen molar-refractivity contribution in [3.63, 3.8) is 0 Å². The van der Waals surface area contributed by atoms with Crippen molar-refractivity contribution in [3.8, 4) is 0 Å². The first kappa shape index (κ1) is 14.8. The Labute approximate surface area is 130 Å². The van der Waals surface area contributed by atoms with E-state index in [1.807, 2.05) is 12.4 Å². The molecule has 0 aromatic carbocycles. The van der Waals surface area contributed by atoms with Crippen LogP contribution in [0.15, 0.2) is 29.9 Å². The number of hydrogen-bond acceptors (Lipinski definition) is 4. The second kappa shape index (κ2) is 6.73. The fourth-order valence-electron chi connectivity index (χ4n) is 3.23. The van der Waals surface area contributed by atoms with Crippen LogP contribution in [0.1, 0.15) is 36.5 Å². The van der Waals surface area contributed by atoms with Gasteiger partial charge in [0.1, 0.15) is 11.9 Å². The monoisotopic (exact) mass is 304 g/mol. The summed E-state index contributed by atoms with van der Waals surface area (Å²) in [5, 5.41) is 5.90. The van der Waals surface area contributed by atoms with E-state index in [2.05, 4.69) is 51.3 Å².